The van der Waals surface area contributed by atoms with E-state index in [-0.39, 0.29) is 18.9 Å². The van der Waals surface area contributed by atoms with Crippen LogP contribution in [0.15, 0.2) is 24.5 Å². The van der Waals surface area contributed by atoms with E-state index in [1.165, 1.54) is 0 Å². The zero-order chi connectivity index (χ0) is 13.1. The second-order valence-corrected chi connectivity index (χ2v) is 4.05. The number of aryl methyl sites for hydroxylation is 1. The Bertz CT molecular complexity index is 604. The Kier molecular flexibility index (Phi) is 3.27. The fraction of sp³-hybridized carbons (Fsp3) is 0.250. The molecular formula is C12H13N3O3. The van der Waals surface area contributed by atoms with Gasteiger partial charge in [0.2, 0.25) is 5.91 Å². The molecule has 0 aliphatic rings. The summed E-state index contributed by atoms with van der Waals surface area (Å²) >= 11 is 0. The van der Waals surface area contributed by atoms with Crippen molar-refractivity contribution in [3.63, 3.8) is 0 Å². The Morgan fingerprint density at radius 1 is 1.50 bits per heavy atom. The van der Waals surface area contributed by atoms with Gasteiger partial charge in [0, 0.05) is 12.4 Å². The Labute approximate surface area is 103 Å². The van der Waals surface area contributed by atoms with Gasteiger partial charge in [-0.05, 0) is 24.6 Å². The first-order valence-corrected chi connectivity index (χ1v) is 5.47. The minimum absolute atomic E-state index is 0.0774. The van der Waals surface area contributed by atoms with Crippen molar-refractivity contribution < 1.29 is 14.7 Å². The molecule has 94 valence electrons. The molecule has 2 N–H and O–H groups in total. The summed E-state index contributed by atoms with van der Waals surface area (Å²) in [6.07, 6.45) is 3.71. The van der Waals surface area contributed by atoms with E-state index < -0.39 is 5.97 Å². The van der Waals surface area contributed by atoms with Crippen LogP contribution in [0.4, 0.5) is 0 Å². The lowest BCUT2D eigenvalue weighted by atomic mass is 10.3. The molecule has 1 amide bonds. The molecule has 0 aliphatic carbocycles. The summed E-state index contributed by atoms with van der Waals surface area (Å²) in [4.78, 5) is 26.0. The molecule has 2 rings (SSSR count). The largest absolute Gasteiger partial charge is 0.480 e. The Morgan fingerprint density at radius 2 is 2.28 bits per heavy atom. The fourth-order valence-electron chi connectivity index (χ4n) is 1.62. The molecule has 0 aliphatic heterocycles. The Hall–Kier alpha value is -2.37. The third-order valence-corrected chi connectivity index (χ3v) is 2.44. The van der Waals surface area contributed by atoms with Crippen molar-refractivity contribution in [3.05, 3.63) is 35.8 Å². The van der Waals surface area contributed by atoms with Gasteiger partial charge in [0.1, 0.15) is 12.2 Å². The van der Waals surface area contributed by atoms with Gasteiger partial charge >= 0.3 is 5.97 Å². The van der Waals surface area contributed by atoms with Crippen LogP contribution < -0.4 is 5.32 Å². The van der Waals surface area contributed by atoms with E-state index in [2.05, 4.69) is 10.3 Å². The predicted molar refractivity (Wildman–Crippen MR) is 64.3 cm³/mol. The minimum atomic E-state index is -1.06. The first-order chi connectivity index (χ1) is 8.54. The first kappa shape index (κ1) is 12.1. The number of aliphatic carboxylic acids is 1. The number of hydrogen-bond donors (Lipinski definition) is 2. The number of nitrogens with one attached hydrogen (secondary N) is 1. The molecule has 0 atom stereocenters. The van der Waals surface area contributed by atoms with Gasteiger partial charge in [-0.3, -0.25) is 9.59 Å². The van der Waals surface area contributed by atoms with E-state index >= 15 is 0 Å². The molecule has 2 aromatic heterocycles. The zero-order valence-corrected chi connectivity index (χ0v) is 9.88. The van der Waals surface area contributed by atoms with Gasteiger partial charge < -0.3 is 14.8 Å². The number of carbonyl (C=O) groups excluding carboxylic acids is 1. The van der Waals surface area contributed by atoms with Crippen LogP contribution in [-0.2, 0) is 16.0 Å². The van der Waals surface area contributed by atoms with Gasteiger partial charge in [-0.25, -0.2) is 4.98 Å². The van der Waals surface area contributed by atoms with Gasteiger partial charge in [-0.1, -0.05) is 0 Å². The number of pyridine rings is 1. The van der Waals surface area contributed by atoms with Gasteiger partial charge in [0.25, 0.3) is 0 Å². The molecule has 0 unspecified atom stereocenters. The maximum Gasteiger partial charge on any atom is 0.322 e. The summed E-state index contributed by atoms with van der Waals surface area (Å²) in [5.74, 6) is -1.41. The van der Waals surface area contributed by atoms with Crippen LogP contribution in [0.2, 0.25) is 0 Å². The van der Waals surface area contributed by atoms with E-state index in [1.54, 1.807) is 6.20 Å². The minimum Gasteiger partial charge on any atom is -0.480 e. The molecular weight excluding hydrogens is 234 g/mol. The molecule has 18 heavy (non-hydrogen) atoms. The second-order valence-electron chi connectivity index (χ2n) is 4.05. The maximum absolute atomic E-state index is 11.4. The summed E-state index contributed by atoms with van der Waals surface area (Å²) in [5, 5.41) is 10.7. The van der Waals surface area contributed by atoms with Gasteiger partial charge in [0.05, 0.1) is 12.1 Å². The van der Waals surface area contributed by atoms with E-state index in [0.29, 0.717) is 5.69 Å². The van der Waals surface area contributed by atoms with E-state index in [9.17, 15) is 9.59 Å². The Morgan fingerprint density at radius 3 is 3.00 bits per heavy atom. The molecule has 0 aromatic carbocycles. The molecule has 0 spiro atoms. The molecule has 0 fully saturated rings. The third kappa shape index (κ3) is 2.85. The van der Waals surface area contributed by atoms with Crippen molar-refractivity contribution in [1.82, 2.24) is 14.7 Å². The van der Waals surface area contributed by atoms with Crippen LogP contribution in [0.25, 0.3) is 5.65 Å². The summed E-state index contributed by atoms with van der Waals surface area (Å²) in [6.45, 7) is 1.60. The van der Waals surface area contributed by atoms with Crippen LogP contribution in [0, 0.1) is 6.92 Å². The van der Waals surface area contributed by atoms with Crippen LogP contribution in [0.5, 0.6) is 0 Å². The number of carbonyl (C=O) groups is 2. The lowest BCUT2D eigenvalue weighted by Gasteiger charge is -1.98. The molecule has 0 radical (unpaired) electrons. The Balaban J connectivity index is 2.07. The number of aromatic nitrogens is 2. The van der Waals surface area contributed by atoms with Crippen LogP contribution in [0.3, 0.4) is 0 Å². The highest BCUT2D eigenvalue weighted by Gasteiger charge is 2.08. The van der Waals surface area contributed by atoms with Gasteiger partial charge in [-0.2, -0.15) is 0 Å². The normalized spacial score (nSPS) is 10.5. The van der Waals surface area contributed by atoms with Crippen LogP contribution in [-0.4, -0.2) is 32.9 Å². The zero-order valence-electron chi connectivity index (χ0n) is 9.88. The highest BCUT2D eigenvalue weighted by molar-refractivity contribution is 5.82. The summed E-state index contributed by atoms with van der Waals surface area (Å²) in [5.41, 5.74) is 2.48. The molecule has 0 saturated carbocycles. The number of imidazole rings is 1. The summed E-state index contributed by atoms with van der Waals surface area (Å²) in [6, 6.07) is 3.86. The van der Waals surface area contributed by atoms with E-state index in [0.717, 1.165) is 11.2 Å². The van der Waals surface area contributed by atoms with Crippen LogP contribution in [0.1, 0.15) is 11.3 Å². The van der Waals surface area contributed by atoms with Crippen molar-refractivity contribution in [3.8, 4) is 0 Å². The van der Waals surface area contributed by atoms with Crippen molar-refractivity contribution in [1.29, 1.82) is 0 Å². The standard InChI is InChI=1S/C12H13N3O3/c1-8-2-3-15-7-9(14-10(15)4-8)5-11(16)13-6-12(17)18/h2-4,7H,5-6H2,1H3,(H,13,16)(H,17,18). The van der Waals surface area contributed by atoms with Crippen molar-refractivity contribution in [2.45, 2.75) is 13.3 Å². The number of hydrogen-bond acceptors (Lipinski definition) is 3. The number of fused-ring (bicyclic) bond motifs is 1. The highest BCUT2D eigenvalue weighted by atomic mass is 16.4. The molecule has 6 nitrogen and oxygen atoms in total. The second kappa shape index (κ2) is 4.87. The summed E-state index contributed by atoms with van der Waals surface area (Å²) < 4.78 is 1.83. The molecule has 6 heteroatoms. The molecule has 2 heterocycles. The highest BCUT2D eigenvalue weighted by Crippen LogP contribution is 2.07. The van der Waals surface area contributed by atoms with E-state index in [4.69, 9.17) is 5.11 Å². The first-order valence-electron chi connectivity index (χ1n) is 5.47. The molecule has 0 bridgehead atoms. The molecule has 2 aromatic rings. The van der Waals surface area contributed by atoms with Gasteiger partial charge in [0.15, 0.2) is 0 Å². The lowest BCUT2D eigenvalue weighted by molar-refractivity contribution is -0.137. The topological polar surface area (TPSA) is 83.7 Å². The number of rotatable bonds is 4. The number of amides is 1. The van der Waals surface area contributed by atoms with Crippen molar-refractivity contribution >= 4 is 17.5 Å². The van der Waals surface area contributed by atoms with Crippen LogP contribution >= 0.6 is 0 Å². The monoisotopic (exact) mass is 247 g/mol. The maximum atomic E-state index is 11.4. The fourth-order valence-corrected chi connectivity index (χ4v) is 1.62. The number of carboxylic acids is 1. The third-order valence-electron chi connectivity index (χ3n) is 2.44. The lowest BCUT2D eigenvalue weighted by Crippen LogP contribution is -2.30. The van der Waals surface area contributed by atoms with Crippen molar-refractivity contribution in [2.75, 3.05) is 6.54 Å². The van der Waals surface area contributed by atoms with Crippen molar-refractivity contribution in [2.24, 2.45) is 0 Å². The predicted octanol–water partition coefficient (Wildman–Crippen LogP) is 0.386. The smallest absolute Gasteiger partial charge is 0.322 e. The summed E-state index contributed by atoms with van der Waals surface area (Å²) in [7, 11) is 0. The van der Waals surface area contributed by atoms with E-state index in [1.807, 2.05) is 29.7 Å². The number of carboxylic acid groups (broad SMARTS) is 1. The quantitative estimate of drug-likeness (QED) is 0.818. The average molecular weight is 247 g/mol. The molecule has 0 saturated heterocycles. The number of nitrogens with zero attached hydrogens (tertiary/aromatic N) is 2. The van der Waals surface area contributed by atoms with Gasteiger partial charge in [-0.15, -0.1) is 0 Å². The average Bonchev–Trinajstić information content (AvgIpc) is 2.67. The SMILES string of the molecule is Cc1ccn2cc(CC(=O)NCC(=O)O)nc2c1.